The lowest BCUT2D eigenvalue weighted by Gasteiger charge is -2.31. The van der Waals surface area contributed by atoms with E-state index in [0.717, 1.165) is 11.1 Å². The molecule has 0 aromatic heterocycles. The van der Waals surface area contributed by atoms with Crippen molar-refractivity contribution in [2.45, 2.75) is 117 Å². The molecule has 0 aliphatic heterocycles. The van der Waals surface area contributed by atoms with Crippen molar-refractivity contribution in [3.05, 3.63) is 69.8 Å². The second-order valence-electron chi connectivity index (χ2n) is 13.7. The molecule has 0 saturated carbocycles. The third kappa shape index (κ3) is 6.23. The summed E-state index contributed by atoms with van der Waals surface area (Å²) in [5.74, 6) is 0. The lowest BCUT2D eigenvalue weighted by atomic mass is 9.76. The smallest absolute Gasteiger partial charge is 0.0491 e. The van der Waals surface area contributed by atoms with E-state index in [-0.39, 0.29) is 33.7 Å². The van der Waals surface area contributed by atoms with Gasteiger partial charge < -0.3 is 11.5 Å². The van der Waals surface area contributed by atoms with Crippen molar-refractivity contribution < 1.29 is 0 Å². The molecule has 0 saturated heterocycles. The molecule has 2 rings (SSSR count). The molecule has 0 radical (unpaired) electrons. The summed E-state index contributed by atoms with van der Waals surface area (Å²) in [5, 5.41) is 0. The molecule has 0 heterocycles. The van der Waals surface area contributed by atoms with Crippen LogP contribution in [0.3, 0.4) is 0 Å². The molecule has 0 unspecified atom stereocenters. The van der Waals surface area contributed by atoms with Gasteiger partial charge in [-0.2, -0.15) is 0 Å². The van der Waals surface area contributed by atoms with Crippen LogP contribution in [0.25, 0.3) is 0 Å². The second kappa shape index (κ2) is 8.61. The van der Waals surface area contributed by atoms with Crippen molar-refractivity contribution in [3.63, 3.8) is 0 Å². The summed E-state index contributed by atoms with van der Waals surface area (Å²) in [6, 6.07) is 13.2. The van der Waals surface area contributed by atoms with Gasteiger partial charge in [0.2, 0.25) is 0 Å². The van der Waals surface area contributed by atoms with Crippen LogP contribution in [-0.4, -0.2) is 0 Å². The molecule has 0 aliphatic carbocycles. The van der Waals surface area contributed by atoms with Gasteiger partial charge in [0.15, 0.2) is 0 Å². The average molecular weight is 437 g/mol. The number of hydrogen-bond acceptors (Lipinski definition) is 2. The molecule has 0 aliphatic rings. The van der Waals surface area contributed by atoms with Gasteiger partial charge in [-0.3, -0.25) is 0 Å². The zero-order valence-corrected chi connectivity index (χ0v) is 22.8. The molecule has 32 heavy (non-hydrogen) atoms. The van der Waals surface area contributed by atoms with Crippen molar-refractivity contribution in [2.24, 2.45) is 11.5 Å². The Kier molecular flexibility index (Phi) is 7.16. The third-order valence-electron chi connectivity index (χ3n) is 6.53. The second-order valence-corrected chi connectivity index (χ2v) is 13.7. The number of rotatable bonds is 3. The summed E-state index contributed by atoms with van der Waals surface area (Å²) in [7, 11) is 0. The molecule has 2 aromatic carbocycles. The Hall–Kier alpha value is -1.64. The van der Waals surface area contributed by atoms with Gasteiger partial charge in [0, 0.05) is 12.1 Å². The Bertz CT molecular complexity index is 797. The lowest BCUT2D eigenvalue weighted by Crippen LogP contribution is -2.29. The number of nitrogens with two attached hydrogens (primary N) is 2. The largest absolute Gasteiger partial charge is 0.322 e. The van der Waals surface area contributed by atoms with E-state index in [1.165, 1.54) is 22.3 Å². The molecule has 0 bridgehead atoms. The highest BCUT2D eigenvalue weighted by atomic mass is 14.8. The standard InChI is InChI=1S/C30H48N2/c1-27(2,3)21-13-19(14-22(17-21)28(4,5)6)25(31)26(32)20-15-23(29(7,8)9)18-24(16-20)30(10,11)12/h13-18,25-26H,31-32H2,1-12H3/t25-,26-/m1/s1. The Morgan fingerprint density at radius 1 is 0.406 bits per heavy atom. The molecule has 2 aromatic rings. The minimum atomic E-state index is -0.276. The van der Waals surface area contributed by atoms with E-state index in [9.17, 15) is 0 Å². The van der Waals surface area contributed by atoms with E-state index in [1.807, 2.05) is 0 Å². The third-order valence-corrected chi connectivity index (χ3v) is 6.53. The molecule has 0 amide bonds. The van der Waals surface area contributed by atoms with E-state index in [2.05, 4.69) is 119 Å². The number of benzene rings is 2. The molecule has 0 fully saturated rings. The summed E-state index contributed by atoms with van der Waals surface area (Å²) in [5.41, 5.74) is 21.4. The van der Waals surface area contributed by atoms with Crippen LogP contribution in [0.5, 0.6) is 0 Å². The van der Waals surface area contributed by atoms with Crippen LogP contribution in [0.4, 0.5) is 0 Å². The van der Waals surface area contributed by atoms with Crippen molar-refractivity contribution >= 4 is 0 Å². The van der Waals surface area contributed by atoms with Crippen LogP contribution < -0.4 is 11.5 Å². The zero-order valence-electron chi connectivity index (χ0n) is 22.8. The Balaban J connectivity index is 2.63. The van der Waals surface area contributed by atoms with Gasteiger partial charge >= 0.3 is 0 Å². The Labute approximate surface area is 198 Å². The SMILES string of the molecule is CC(C)(C)c1cc([C@@H](N)[C@H](N)c2cc(C(C)(C)C)cc(C(C)(C)C)c2)cc(C(C)(C)C)c1. The highest BCUT2D eigenvalue weighted by molar-refractivity contribution is 5.42. The van der Waals surface area contributed by atoms with Crippen LogP contribution in [0, 0.1) is 0 Å². The predicted octanol–water partition coefficient (Wildman–Crippen LogP) is 7.58. The van der Waals surface area contributed by atoms with Crippen molar-refractivity contribution in [2.75, 3.05) is 0 Å². The van der Waals surface area contributed by atoms with Crippen molar-refractivity contribution in [3.8, 4) is 0 Å². The predicted molar refractivity (Wildman–Crippen MR) is 142 cm³/mol. The maximum absolute atomic E-state index is 6.89. The zero-order chi connectivity index (χ0) is 24.9. The van der Waals surface area contributed by atoms with Gasteiger partial charge in [0.25, 0.3) is 0 Å². The van der Waals surface area contributed by atoms with Gasteiger partial charge in [0.1, 0.15) is 0 Å². The van der Waals surface area contributed by atoms with Crippen molar-refractivity contribution in [1.82, 2.24) is 0 Å². The normalized spacial score (nSPS) is 15.6. The van der Waals surface area contributed by atoms with Gasteiger partial charge in [-0.15, -0.1) is 0 Å². The van der Waals surface area contributed by atoms with Crippen LogP contribution in [-0.2, 0) is 21.7 Å². The van der Waals surface area contributed by atoms with Crippen molar-refractivity contribution in [1.29, 1.82) is 0 Å². The topological polar surface area (TPSA) is 52.0 Å². The van der Waals surface area contributed by atoms with Gasteiger partial charge in [-0.05, 0) is 55.0 Å². The van der Waals surface area contributed by atoms with Crippen LogP contribution in [0.1, 0.15) is 129 Å². The monoisotopic (exact) mass is 436 g/mol. The summed E-state index contributed by atoms with van der Waals surface area (Å²) in [6.45, 7) is 27.1. The molecule has 178 valence electrons. The highest BCUT2D eigenvalue weighted by Crippen LogP contribution is 2.37. The minimum Gasteiger partial charge on any atom is -0.322 e. The quantitative estimate of drug-likeness (QED) is 0.521. The van der Waals surface area contributed by atoms with Crippen LogP contribution in [0.2, 0.25) is 0 Å². The van der Waals surface area contributed by atoms with E-state index in [4.69, 9.17) is 11.5 Å². The fraction of sp³-hybridized carbons (Fsp3) is 0.600. The lowest BCUT2D eigenvalue weighted by molar-refractivity contribution is 0.538. The molecule has 2 heteroatoms. The fourth-order valence-electron chi connectivity index (χ4n) is 3.83. The first kappa shape index (κ1) is 26.6. The maximum atomic E-state index is 6.89. The molecule has 4 N–H and O–H groups in total. The first-order chi connectivity index (χ1) is 14.2. The molecular weight excluding hydrogens is 388 g/mol. The fourth-order valence-corrected chi connectivity index (χ4v) is 3.83. The minimum absolute atomic E-state index is 0.0470. The van der Waals surface area contributed by atoms with Crippen LogP contribution >= 0.6 is 0 Å². The molecule has 2 atom stereocenters. The maximum Gasteiger partial charge on any atom is 0.0491 e. The molecule has 0 spiro atoms. The number of hydrogen-bond donors (Lipinski definition) is 2. The van der Waals surface area contributed by atoms with Gasteiger partial charge in [0.05, 0.1) is 0 Å². The van der Waals surface area contributed by atoms with E-state index < -0.39 is 0 Å². The molecule has 2 nitrogen and oxygen atoms in total. The average Bonchev–Trinajstić information content (AvgIpc) is 2.63. The summed E-state index contributed by atoms with van der Waals surface area (Å²) in [4.78, 5) is 0. The summed E-state index contributed by atoms with van der Waals surface area (Å²) < 4.78 is 0. The van der Waals surface area contributed by atoms with Gasteiger partial charge in [-0.1, -0.05) is 119 Å². The van der Waals surface area contributed by atoms with E-state index >= 15 is 0 Å². The van der Waals surface area contributed by atoms with E-state index in [0.29, 0.717) is 0 Å². The Morgan fingerprint density at radius 3 is 0.750 bits per heavy atom. The first-order valence-electron chi connectivity index (χ1n) is 12.0. The van der Waals surface area contributed by atoms with Crippen LogP contribution in [0.15, 0.2) is 36.4 Å². The highest BCUT2D eigenvalue weighted by Gasteiger charge is 2.27. The summed E-state index contributed by atoms with van der Waals surface area (Å²) in [6.07, 6.45) is 0. The summed E-state index contributed by atoms with van der Waals surface area (Å²) >= 11 is 0. The van der Waals surface area contributed by atoms with E-state index in [1.54, 1.807) is 0 Å². The Morgan fingerprint density at radius 2 is 0.594 bits per heavy atom. The first-order valence-corrected chi connectivity index (χ1v) is 12.0. The van der Waals surface area contributed by atoms with Gasteiger partial charge in [-0.25, -0.2) is 0 Å². The molecular formula is C30H48N2.